The van der Waals surface area contributed by atoms with Gasteiger partial charge in [-0.2, -0.15) is 13.2 Å². The van der Waals surface area contributed by atoms with Crippen molar-refractivity contribution in [3.05, 3.63) is 60.0 Å². The van der Waals surface area contributed by atoms with Gasteiger partial charge in [-0.05, 0) is 38.0 Å². The van der Waals surface area contributed by atoms with Crippen LogP contribution in [0.4, 0.5) is 19.0 Å². The second-order valence-corrected chi connectivity index (χ2v) is 7.64. The van der Waals surface area contributed by atoms with Gasteiger partial charge in [-0.25, -0.2) is 4.98 Å². The molecule has 0 spiro atoms. The summed E-state index contributed by atoms with van der Waals surface area (Å²) in [5.74, 6) is 1.17. The largest absolute Gasteiger partial charge is 0.459 e. The maximum Gasteiger partial charge on any atom is 0.419 e. The van der Waals surface area contributed by atoms with Crippen LogP contribution < -0.4 is 15.2 Å². The molecule has 1 amide bonds. The molecule has 0 bridgehead atoms. The molecule has 4 rings (SSSR count). The van der Waals surface area contributed by atoms with Crippen LogP contribution in [0.3, 0.4) is 0 Å². The predicted molar refractivity (Wildman–Crippen MR) is 106 cm³/mol. The van der Waals surface area contributed by atoms with Gasteiger partial charge in [0.05, 0.1) is 24.7 Å². The number of para-hydroxylation sites is 1. The summed E-state index contributed by atoms with van der Waals surface area (Å²) in [6, 6.07) is 11.9. The molecule has 3 heterocycles. The van der Waals surface area contributed by atoms with E-state index in [1.54, 1.807) is 0 Å². The van der Waals surface area contributed by atoms with Crippen LogP contribution in [0.15, 0.2) is 53.1 Å². The lowest BCUT2D eigenvalue weighted by atomic mass is 9.95. The number of pyridine rings is 1. The number of benzene rings is 1. The van der Waals surface area contributed by atoms with Crippen molar-refractivity contribution in [1.82, 2.24) is 5.32 Å². The summed E-state index contributed by atoms with van der Waals surface area (Å²) in [5, 5.41) is 4.02. The Bertz CT molecular complexity index is 989. The summed E-state index contributed by atoms with van der Waals surface area (Å²) in [5.41, 5.74) is 0.0785. The first-order valence-corrected chi connectivity index (χ1v) is 9.94. The molecule has 0 unspecified atom stereocenters. The third kappa shape index (κ3) is 4.27. The van der Waals surface area contributed by atoms with Gasteiger partial charge in [0.1, 0.15) is 17.5 Å². The predicted octanol–water partition coefficient (Wildman–Crippen LogP) is 4.36. The smallest absolute Gasteiger partial charge is 0.419 e. The molecule has 158 valence electrons. The number of rotatable bonds is 4. The number of nitrogens with zero attached hydrogens (tertiary/aromatic N) is 1. The number of fused-ring (bicyclic) bond motifs is 1. The number of carbonyl (C=O) groups is 1. The van der Waals surface area contributed by atoms with Gasteiger partial charge in [-0.15, -0.1) is 0 Å². The topological polar surface area (TPSA) is 59.6 Å². The number of halogens is 3. The lowest BCUT2D eigenvalue weighted by Gasteiger charge is -2.27. The number of piperidine rings is 1. The molecule has 0 radical (unpaired) electrons. The van der Waals surface area contributed by atoms with Gasteiger partial charge >= 0.3 is 6.18 Å². The van der Waals surface area contributed by atoms with Crippen molar-refractivity contribution >= 4 is 22.7 Å². The average Bonchev–Trinajstić information content (AvgIpc) is 3.18. The van der Waals surface area contributed by atoms with Gasteiger partial charge < -0.3 is 9.73 Å². The Hall–Kier alpha value is -3.03. The van der Waals surface area contributed by atoms with Crippen LogP contribution in [-0.2, 0) is 11.0 Å². The minimum absolute atomic E-state index is 0.0287. The second kappa shape index (κ2) is 8.01. The normalized spacial score (nSPS) is 16.6. The van der Waals surface area contributed by atoms with Gasteiger partial charge in [-0.1, -0.05) is 18.2 Å². The highest BCUT2D eigenvalue weighted by molar-refractivity contribution is 5.80. The maximum atomic E-state index is 12.7. The Balaban J connectivity index is 1.32. The van der Waals surface area contributed by atoms with E-state index in [4.69, 9.17) is 4.42 Å². The maximum absolute atomic E-state index is 12.7. The standard InChI is InChI=1S/C22H22F3N3O2/c1-14(19-12-16-4-2-3-5-18(16)30-19)27-21(29)15-8-10-28(11-9-15)20-7-6-17(13-26-20)22(23,24)25/h2-7,12-15H,8-11H2,1H3,(H,27,29)/p+1/t14-/m0/s1. The molecule has 1 saturated heterocycles. The first-order valence-electron chi connectivity index (χ1n) is 9.94. The van der Waals surface area contributed by atoms with Gasteiger partial charge in [0.2, 0.25) is 5.91 Å². The quantitative estimate of drug-likeness (QED) is 0.685. The third-order valence-electron chi connectivity index (χ3n) is 5.56. The Morgan fingerprint density at radius 1 is 1.20 bits per heavy atom. The molecule has 1 atom stereocenters. The lowest BCUT2D eigenvalue weighted by molar-refractivity contribution is -0.367. The summed E-state index contributed by atoms with van der Waals surface area (Å²) in [6.07, 6.45) is -2.12. The fraction of sp³-hybridized carbons (Fsp3) is 0.364. The van der Waals surface area contributed by atoms with Crippen LogP contribution in [0.2, 0.25) is 0 Å². The number of amides is 1. The average molecular weight is 418 g/mol. The highest BCUT2D eigenvalue weighted by Crippen LogP contribution is 2.29. The first-order chi connectivity index (χ1) is 14.3. The fourth-order valence-corrected chi connectivity index (χ4v) is 3.79. The number of aromatic nitrogens is 1. The number of nitrogens with one attached hydrogen (secondary N) is 2. The number of hydrogen-bond acceptors (Lipinski definition) is 3. The second-order valence-electron chi connectivity index (χ2n) is 7.64. The van der Waals surface area contributed by atoms with E-state index < -0.39 is 11.7 Å². The summed E-state index contributed by atoms with van der Waals surface area (Å²) < 4.78 is 43.9. The Labute approximate surface area is 171 Å². The highest BCUT2D eigenvalue weighted by atomic mass is 19.4. The van der Waals surface area contributed by atoms with Crippen molar-refractivity contribution in [2.24, 2.45) is 5.92 Å². The fourth-order valence-electron chi connectivity index (χ4n) is 3.79. The monoisotopic (exact) mass is 418 g/mol. The molecule has 2 aromatic heterocycles. The third-order valence-corrected chi connectivity index (χ3v) is 5.56. The molecule has 1 aliphatic heterocycles. The van der Waals surface area contributed by atoms with E-state index in [0.29, 0.717) is 37.5 Å². The number of hydrogen-bond donors (Lipinski definition) is 1. The molecule has 2 N–H and O–H groups in total. The van der Waals surface area contributed by atoms with E-state index >= 15 is 0 Å². The first kappa shape index (κ1) is 20.3. The van der Waals surface area contributed by atoms with Crippen LogP contribution in [-0.4, -0.2) is 19.0 Å². The molecule has 8 heteroatoms. The number of anilines is 1. The van der Waals surface area contributed by atoms with Gasteiger partial charge in [0, 0.05) is 17.4 Å². The molecular formula is C22H23F3N3O2+. The summed E-state index contributed by atoms with van der Waals surface area (Å²) in [6.45, 7) is 3.08. The van der Waals surface area contributed by atoms with Crippen LogP contribution >= 0.6 is 0 Å². The molecule has 5 nitrogen and oxygen atoms in total. The van der Waals surface area contributed by atoms with Gasteiger partial charge in [-0.3, -0.25) is 9.69 Å². The van der Waals surface area contributed by atoms with Crippen molar-refractivity contribution in [2.45, 2.75) is 32.0 Å². The molecule has 1 aliphatic rings. The number of aromatic amines is 1. The number of H-pyrrole nitrogens is 1. The van der Waals surface area contributed by atoms with Crippen molar-refractivity contribution in [1.29, 1.82) is 0 Å². The number of carbonyl (C=O) groups excluding carboxylic acids is 1. The number of alkyl halides is 3. The zero-order valence-electron chi connectivity index (χ0n) is 16.5. The lowest BCUT2D eigenvalue weighted by Crippen LogP contribution is -2.42. The zero-order chi connectivity index (χ0) is 21.3. The van der Waals surface area contributed by atoms with E-state index in [9.17, 15) is 18.0 Å². The molecule has 1 fully saturated rings. The van der Waals surface area contributed by atoms with Gasteiger partial charge in [0.15, 0.2) is 0 Å². The van der Waals surface area contributed by atoms with E-state index in [1.165, 1.54) is 6.07 Å². The van der Waals surface area contributed by atoms with Gasteiger partial charge in [0.25, 0.3) is 5.82 Å². The minimum Gasteiger partial charge on any atom is -0.459 e. The summed E-state index contributed by atoms with van der Waals surface area (Å²) in [4.78, 5) is 17.4. The molecule has 30 heavy (non-hydrogen) atoms. The van der Waals surface area contributed by atoms with Crippen LogP contribution in [0.25, 0.3) is 11.0 Å². The van der Waals surface area contributed by atoms with E-state index in [1.807, 2.05) is 42.2 Å². The minimum atomic E-state index is -4.36. The van der Waals surface area contributed by atoms with E-state index in [0.717, 1.165) is 23.2 Å². The van der Waals surface area contributed by atoms with Crippen molar-refractivity contribution in [2.75, 3.05) is 18.0 Å². The Morgan fingerprint density at radius 3 is 2.57 bits per heavy atom. The molecule has 0 saturated carbocycles. The number of furan rings is 1. The van der Waals surface area contributed by atoms with E-state index in [2.05, 4.69) is 10.3 Å². The highest BCUT2D eigenvalue weighted by Gasteiger charge is 2.34. The Morgan fingerprint density at radius 2 is 1.93 bits per heavy atom. The van der Waals surface area contributed by atoms with Crippen molar-refractivity contribution in [3.63, 3.8) is 0 Å². The molecule has 1 aromatic carbocycles. The van der Waals surface area contributed by atoms with Crippen LogP contribution in [0.5, 0.6) is 0 Å². The Kier molecular flexibility index (Phi) is 5.40. The van der Waals surface area contributed by atoms with Crippen molar-refractivity contribution in [3.8, 4) is 0 Å². The SMILES string of the molecule is C[C@H](NC(=O)C1CCN(c2ccc(C(F)(F)F)c[nH+]2)CC1)c1cc2ccccc2o1. The summed E-state index contributed by atoms with van der Waals surface area (Å²) in [7, 11) is 0. The van der Waals surface area contributed by atoms with Crippen molar-refractivity contribution < 1.29 is 27.4 Å². The van der Waals surface area contributed by atoms with Crippen LogP contribution in [0.1, 0.15) is 37.1 Å². The summed E-state index contributed by atoms with van der Waals surface area (Å²) >= 11 is 0. The molecule has 3 aromatic rings. The van der Waals surface area contributed by atoms with E-state index in [-0.39, 0.29) is 17.9 Å². The van der Waals surface area contributed by atoms with Crippen LogP contribution in [0, 0.1) is 5.92 Å². The molecule has 0 aliphatic carbocycles. The molecular weight excluding hydrogens is 395 g/mol. The zero-order valence-corrected chi connectivity index (χ0v) is 16.5.